The van der Waals surface area contributed by atoms with Crippen molar-refractivity contribution >= 4 is 34.4 Å². The van der Waals surface area contributed by atoms with Gasteiger partial charge in [0.15, 0.2) is 11.2 Å². The number of nitrogens with one attached hydrogen (secondary N) is 1. The van der Waals surface area contributed by atoms with Gasteiger partial charge in [-0.25, -0.2) is 14.2 Å². The zero-order valence-electron chi connectivity index (χ0n) is 14.2. The Kier molecular flexibility index (Phi) is 4.41. The summed E-state index contributed by atoms with van der Waals surface area (Å²) in [6.07, 6.45) is 1.33. The van der Waals surface area contributed by atoms with E-state index < -0.39 is 29.0 Å². The summed E-state index contributed by atoms with van der Waals surface area (Å²) in [5.74, 6) is -1.05. The Balaban J connectivity index is 2.01. The first kappa shape index (κ1) is 17.9. The van der Waals surface area contributed by atoms with E-state index in [4.69, 9.17) is 11.6 Å². The molecule has 136 valence electrons. The molecule has 1 aromatic carbocycles. The largest absolute Gasteiger partial charge is 0.332 e. The van der Waals surface area contributed by atoms with Crippen molar-refractivity contribution in [3.8, 4) is 0 Å². The number of hydrogen-bond acceptors (Lipinski definition) is 4. The van der Waals surface area contributed by atoms with Crippen molar-refractivity contribution in [2.24, 2.45) is 14.1 Å². The molecule has 0 saturated carbocycles. The molecule has 0 aliphatic carbocycles. The number of fused-ring (bicyclic) bond motifs is 1. The molecular weight excluding hydrogens is 365 g/mol. The molecule has 1 atom stereocenters. The van der Waals surface area contributed by atoms with Crippen LogP contribution in [0.1, 0.15) is 13.0 Å². The molecule has 0 aliphatic heterocycles. The summed E-state index contributed by atoms with van der Waals surface area (Å²) in [4.78, 5) is 41.0. The van der Waals surface area contributed by atoms with Gasteiger partial charge in [-0.15, -0.1) is 0 Å². The molecule has 10 heteroatoms. The van der Waals surface area contributed by atoms with Crippen molar-refractivity contribution in [2.45, 2.75) is 13.0 Å². The fraction of sp³-hybridized carbons (Fsp3) is 0.250. The molecule has 0 radical (unpaired) electrons. The van der Waals surface area contributed by atoms with Crippen molar-refractivity contribution in [3.05, 3.63) is 56.2 Å². The van der Waals surface area contributed by atoms with Crippen LogP contribution in [-0.4, -0.2) is 24.6 Å². The maximum Gasteiger partial charge on any atom is 0.332 e. The number of halogens is 2. The maximum atomic E-state index is 13.2. The number of carbonyl (C=O) groups is 1. The highest BCUT2D eigenvalue weighted by molar-refractivity contribution is 6.31. The summed E-state index contributed by atoms with van der Waals surface area (Å²) >= 11 is 5.71. The fourth-order valence-electron chi connectivity index (χ4n) is 2.60. The number of amides is 1. The van der Waals surface area contributed by atoms with Gasteiger partial charge in [-0.2, -0.15) is 0 Å². The number of anilines is 1. The van der Waals surface area contributed by atoms with E-state index in [0.717, 1.165) is 10.6 Å². The van der Waals surface area contributed by atoms with Gasteiger partial charge < -0.3 is 9.88 Å². The maximum absolute atomic E-state index is 13.2. The third kappa shape index (κ3) is 2.80. The molecule has 0 bridgehead atoms. The average molecular weight is 380 g/mol. The number of benzene rings is 1. The number of nitrogens with zero attached hydrogens (tertiary/aromatic N) is 4. The molecule has 8 nitrogen and oxygen atoms in total. The number of aryl methyl sites for hydroxylation is 1. The number of rotatable bonds is 3. The van der Waals surface area contributed by atoms with E-state index in [9.17, 15) is 18.8 Å². The van der Waals surface area contributed by atoms with Gasteiger partial charge in [0.2, 0.25) is 5.91 Å². The molecule has 26 heavy (non-hydrogen) atoms. The second-order valence-corrected chi connectivity index (χ2v) is 6.23. The molecular formula is C16H15ClFN5O3. The molecule has 1 amide bonds. The molecule has 0 aliphatic rings. The second kappa shape index (κ2) is 6.41. The summed E-state index contributed by atoms with van der Waals surface area (Å²) in [6.45, 7) is 1.58. The molecule has 1 N–H and O–H groups in total. The lowest BCUT2D eigenvalue weighted by Gasteiger charge is -2.15. The number of hydrogen-bond donors (Lipinski definition) is 1. The molecule has 2 aromatic heterocycles. The minimum atomic E-state index is -0.811. The summed E-state index contributed by atoms with van der Waals surface area (Å²) in [6, 6.07) is 2.99. The molecule has 0 saturated heterocycles. The Morgan fingerprint density at radius 2 is 1.96 bits per heavy atom. The van der Waals surface area contributed by atoms with E-state index in [1.54, 1.807) is 6.92 Å². The quantitative estimate of drug-likeness (QED) is 0.745. The van der Waals surface area contributed by atoms with Crippen molar-refractivity contribution in [1.82, 2.24) is 18.7 Å². The average Bonchev–Trinajstić information content (AvgIpc) is 3.05. The van der Waals surface area contributed by atoms with Gasteiger partial charge >= 0.3 is 5.69 Å². The van der Waals surface area contributed by atoms with Gasteiger partial charge in [-0.3, -0.25) is 18.7 Å². The highest BCUT2D eigenvalue weighted by atomic mass is 35.5. The predicted molar refractivity (Wildman–Crippen MR) is 95.0 cm³/mol. The molecule has 0 fully saturated rings. The van der Waals surface area contributed by atoms with E-state index >= 15 is 0 Å². The van der Waals surface area contributed by atoms with Crippen LogP contribution in [0.4, 0.5) is 10.1 Å². The first-order valence-corrected chi connectivity index (χ1v) is 7.98. The Morgan fingerprint density at radius 1 is 1.27 bits per heavy atom. The Hall–Kier alpha value is -2.94. The summed E-state index contributed by atoms with van der Waals surface area (Å²) in [5.41, 5.74) is -0.425. The van der Waals surface area contributed by atoms with Crippen LogP contribution in [0.15, 0.2) is 34.1 Å². The minimum absolute atomic E-state index is 0.118. The number of imidazole rings is 1. The molecule has 1 unspecified atom stereocenters. The van der Waals surface area contributed by atoms with Crippen LogP contribution < -0.4 is 16.6 Å². The number of aromatic nitrogens is 4. The highest BCUT2D eigenvalue weighted by Crippen LogP contribution is 2.21. The van der Waals surface area contributed by atoms with Crippen molar-refractivity contribution in [3.63, 3.8) is 0 Å². The molecule has 3 aromatic rings. The lowest BCUT2D eigenvalue weighted by molar-refractivity contribution is -0.118. The molecule has 2 heterocycles. The first-order chi connectivity index (χ1) is 12.2. The van der Waals surface area contributed by atoms with Crippen LogP contribution in [0.3, 0.4) is 0 Å². The zero-order chi connectivity index (χ0) is 19.2. The fourth-order valence-corrected chi connectivity index (χ4v) is 2.79. The van der Waals surface area contributed by atoms with E-state index in [-0.39, 0.29) is 16.2 Å². The zero-order valence-corrected chi connectivity index (χ0v) is 14.9. The van der Waals surface area contributed by atoms with E-state index in [1.165, 1.54) is 41.7 Å². The Bertz CT molecular complexity index is 1150. The SMILES string of the molecule is CC(C(=O)Nc1ccc(F)c(Cl)c1)n1cnc2c1c(=O)n(C)c(=O)n2C. The normalized spacial score (nSPS) is 12.3. The first-order valence-electron chi connectivity index (χ1n) is 7.61. The summed E-state index contributed by atoms with van der Waals surface area (Å²) < 4.78 is 16.8. The molecule has 0 spiro atoms. The van der Waals surface area contributed by atoms with Gasteiger partial charge in [0.05, 0.1) is 11.3 Å². The van der Waals surface area contributed by atoms with Gasteiger partial charge in [0, 0.05) is 19.8 Å². The topological polar surface area (TPSA) is 90.9 Å². The van der Waals surface area contributed by atoms with Crippen LogP contribution in [-0.2, 0) is 18.9 Å². The van der Waals surface area contributed by atoms with Crippen LogP contribution in [0.25, 0.3) is 11.2 Å². The third-order valence-corrected chi connectivity index (χ3v) is 4.45. The monoisotopic (exact) mass is 379 g/mol. The van der Waals surface area contributed by atoms with Crippen molar-refractivity contribution in [1.29, 1.82) is 0 Å². The number of carbonyl (C=O) groups excluding carboxylic acids is 1. The standard InChI is InChI=1S/C16H15ClFN5O3/c1-8(14(24)20-9-4-5-11(18)10(17)6-9)23-7-19-13-12(23)15(25)22(3)16(26)21(13)2/h4-8H,1-3H3,(H,20,24). The van der Waals surface area contributed by atoms with Crippen LogP contribution >= 0.6 is 11.6 Å². The third-order valence-electron chi connectivity index (χ3n) is 4.16. The Labute approximate surface area is 151 Å². The van der Waals surface area contributed by atoms with Crippen molar-refractivity contribution in [2.75, 3.05) is 5.32 Å². The van der Waals surface area contributed by atoms with E-state index in [2.05, 4.69) is 10.3 Å². The summed E-state index contributed by atoms with van der Waals surface area (Å²) in [7, 11) is 2.85. The van der Waals surface area contributed by atoms with E-state index in [1.807, 2.05) is 0 Å². The van der Waals surface area contributed by atoms with Gasteiger partial charge in [0.25, 0.3) is 5.56 Å². The highest BCUT2D eigenvalue weighted by Gasteiger charge is 2.22. The smallest absolute Gasteiger partial charge is 0.324 e. The lowest BCUT2D eigenvalue weighted by atomic mass is 10.2. The van der Waals surface area contributed by atoms with Crippen LogP contribution in [0, 0.1) is 5.82 Å². The minimum Gasteiger partial charge on any atom is -0.324 e. The Morgan fingerprint density at radius 3 is 2.62 bits per heavy atom. The predicted octanol–water partition coefficient (Wildman–Crippen LogP) is 1.43. The van der Waals surface area contributed by atoms with Gasteiger partial charge in [0.1, 0.15) is 11.9 Å². The summed E-state index contributed by atoms with van der Waals surface area (Å²) in [5, 5.41) is 2.49. The van der Waals surface area contributed by atoms with Gasteiger partial charge in [-0.05, 0) is 25.1 Å². The van der Waals surface area contributed by atoms with Crippen molar-refractivity contribution < 1.29 is 9.18 Å². The molecule has 3 rings (SSSR count). The van der Waals surface area contributed by atoms with E-state index in [0.29, 0.717) is 5.69 Å². The second-order valence-electron chi connectivity index (χ2n) is 5.82. The van der Waals surface area contributed by atoms with Gasteiger partial charge in [-0.1, -0.05) is 11.6 Å². The van der Waals surface area contributed by atoms with Crippen LogP contribution in [0.5, 0.6) is 0 Å². The lowest BCUT2D eigenvalue weighted by Crippen LogP contribution is -2.38. The van der Waals surface area contributed by atoms with Crippen LogP contribution in [0.2, 0.25) is 5.02 Å².